The predicted molar refractivity (Wildman–Crippen MR) is 84.5 cm³/mol. The SMILES string of the molecule is CC(C)NCCCCS(=O)(=O)NCc1ccc(Cl)cc1. The quantitative estimate of drug-likeness (QED) is 0.688. The largest absolute Gasteiger partial charge is 0.315 e. The van der Waals surface area contributed by atoms with E-state index in [1.54, 1.807) is 12.1 Å². The van der Waals surface area contributed by atoms with Crippen molar-refractivity contribution in [1.82, 2.24) is 10.0 Å². The summed E-state index contributed by atoms with van der Waals surface area (Å²) in [5.74, 6) is 0.167. The van der Waals surface area contributed by atoms with Gasteiger partial charge < -0.3 is 5.32 Å². The molecule has 0 bridgehead atoms. The van der Waals surface area contributed by atoms with E-state index in [0.717, 1.165) is 18.5 Å². The van der Waals surface area contributed by atoms with E-state index in [-0.39, 0.29) is 5.75 Å². The van der Waals surface area contributed by atoms with Gasteiger partial charge >= 0.3 is 0 Å². The fraction of sp³-hybridized carbons (Fsp3) is 0.571. The van der Waals surface area contributed by atoms with E-state index in [0.29, 0.717) is 24.0 Å². The van der Waals surface area contributed by atoms with Gasteiger partial charge in [0.05, 0.1) is 5.75 Å². The van der Waals surface area contributed by atoms with Crippen molar-refractivity contribution in [2.24, 2.45) is 0 Å². The molecule has 0 saturated carbocycles. The van der Waals surface area contributed by atoms with Crippen LogP contribution in [0.4, 0.5) is 0 Å². The zero-order valence-electron chi connectivity index (χ0n) is 12.0. The number of nitrogens with one attached hydrogen (secondary N) is 2. The summed E-state index contributed by atoms with van der Waals surface area (Å²) in [4.78, 5) is 0. The lowest BCUT2D eigenvalue weighted by Crippen LogP contribution is -2.27. The van der Waals surface area contributed by atoms with E-state index >= 15 is 0 Å². The topological polar surface area (TPSA) is 58.2 Å². The van der Waals surface area contributed by atoms with Crippen molar-refractivity contribution in [1.29, 1.82) is 0 Å². The molecule has 0 aliphatic rings. The second-order valence-corrected chi connectivity index (χ2v) is 7.45. The van der Waals surface area contributed by atoms with Crippen molar-refractivity contribution in [2.75, 3.05) is 12.3 Å². The highest BCUT2D eigenvalue weighted by Gasteiger charge is 2.09. The molecule has 0 fully saturated rings. The molecule has 1 aromatic rings. The Bertz CT molecular complexity index is 486. The molecule has 2 N–H and O–H groups in total. The summed E-state index contributed by atoms with van der Waals surface area (Å²) in [5, 5.41) is 3.91. The van der Waals surface area contributed by atoms with E-state index in [2.05, 4.69) is 23.9 Å². The van der Waals surface area contributed by atoms with E-state index < -0.39 is 10.0 Å². The maximum atomic E-state index is 11.8. The van der Waals surface area contributed by atoms with Crippen LogP contribution >= 0.6 is 11.6 Å². The zero-order chi connectivity index (χ0) is 15.0. The molecular formula is C14H23ClN2O2S. The van der Waals surface area contributed by atoms with Crippen molar-refractivity contribution >= 4 is 21.6 Å². The van der Waals surface area contributed by atoms with Gasteiger partial charge in [0.2, 0.25) is 10.0 Å². The summed E-state index contributed by atoms with van der Waals surface area (Å²) in [6.45, 7) is 5.31. The average molecular weight is 319 g/mol. The van der Waals surface area contributed by atoms with Crippen molar-refractivity contribution in [3.8, 4) is 0 Å². The summed E-state index contributed by atoms with van der Waals surface area (Å²) >= 11 is 5.78. The van der Waals surface area contributed by atoms with Gasteiger partial charge in [-0.15, -0.1) is 0 Å². The predicted octanol–water partition coefficient (Wildman–Crippen LogP) is 2.54. The molecule has 0 spiro atoms. The highest BCUT2D eigenvalue weighted by atomic mass is 35.5. The summed E-state index contributed by atoms with van der Waals surface area (Å²) in [6.07, 6.45) is 1.52. The van der Waals surface area contributed by atoms with Gasteiger partial charge in [-0.3, -0.25) is 0 Å². The fourth-order valence-corrected chi connectivity index (χ4v) is 2.92. The zero-order valence-corrected chi connectivity index (χ0v) is 13.6. The van der Waals surface area contributed by atoms with Gasteiger partial charge in [-0.1, -0.05) is 37.6 Å². The molecule has 6 heteroatoms. The molecule has 4 nitrogen and oxygen atoms in total. The normalized spacial score (nSPS) is 12.0. The maximum absolute atomic E-state index is 11.8. The van der Waals surface area contributed by atoms with Crippen LogP contribution in [0.1, 0.15) is 32.3 Å². The minimum absolute atomic E-state index is 0.167. The standard InChI is InChI=1S/C14H23ClN2O2S/c1-12(2)16-9-3-4-10-20(18,19)17-11-13-5-7-14(15)8-6-13/h5-8,12,16-17H,3-4,9-11H2,1-2H3. The lowest BCUT2D eigenvalue weighted by molar-refractivity contribution is 0.555. The monoisotopic (exact) mass is 318 g/mol. The molecule has 0 aliphatic heterocycles. The smallest absolute Gasteiger partial charge is 0.211 e. The van der Waals surface area contributed by atoms with Gasteiger partial charge in [-0.25, -0.2) is 13.1 Å². The molecule has 0 aliphatic carbocycles. The average Bonchev–Trinajstić information content (AvgIpc) is 2.37. The molecule has 0 radical (unpaired) electrons. The Balaban J connectivity index is 2.26. The number of halogens is 1. The first-order chi connectivity index (χ1) is 9.39. The third-order valence-corrected chi connectivity index (χ3v) is 4.46. The Kier molecular flexibility index (Phi) is 7.51. The second kappa shape index (κ2) is 8.62. The van der Waals surface area contributed by atoms with E-state index in [1.807, 2.05) is 12.1 Å². The van der Waals surface area contributed by atoms with Crippen LogP contribution in [0.5, 0.6) is 0 Å². The Morgan fingerprint density at radius 1 is 1.15 bits per heavy atom. The van der Waals surface area contributed by atoms with Gasteiger partial charge in [0.1, 0.15) is 0 Å². The van der Waals surface area contributed by atoms with Crippen LogP contribution in [0.3, 0.4) is 0 Å². The third kappa shape index (κ3) is 7.85. The molecule has 1 aromatic carbocycles. The maximum Gasteiger partial charge on any atom is 0.211 e. The summed E-state index contributed by atoms with van der Waals surface area (Å²) in [6, 6.07) is 7.58. The van der Waals surface area contributed by atoms with Gasteiger partial charge in [0.15, 0.2) is 0 Å². The highest BCUT2D eigenvalue weighted by Crippen LogP contribution is 2.09. The molecule has 0 unspecified atom stereocenters. The minimum atomic E-state index is -3.20. The Hall–Kier alpha value is -0.620. The fourth-order valence-electron chi connectivity index (χ4n) is 1.68. The minimum Gasteiger partial charge on any atom is -0.315 e. The molecule has 0 aromatic heterocycles. The lowest BCUT2D eigenvalue weighted by Gasteiger charge is -2.09. The van der Waals surface area contributed by atoms with Gasteiger partial charge in [-0.05, 0) is 37.1 Å². The Morgan fingerprint density at radius 3 is 2.40 bits per heavy atom. The molecule has 114 valence electrons. The van der Waals surface area contributed by atoms with Crippen LogP contribution in [0, 0.1) is 0 Å². The second-order valence-electron chi connectivity index (χ2n) is 5.08. The molecule has 0 amide bonds. The van der Waals surface area contributed by atoms with Crippen LogP contribution in [-0.2, 0) is 16.6 Å². The third-order valence-electron chi connectivity index (χ3n) is 2.80. The van der Waals surface area contributed by atoms with Crippen molar-refractivity contribution in [3.63, 3.8) is 0 Å². The van der Waals surface area contributed by atoms with Crippen molar-refractivity contribution in [2.45, 2.75) is 39.3 Å². The Labute approximate surface area is 127 Å². The molecule has 0 heterocycles. The summed E-state index contributed by atoms with van der Waals surface area (Å²) < 4.78 is 26.2. The molecule has 0 saturated heterocycles. The van der Waals surface area contributed by atoms with E-state index in [4.69, 9.17) is 11.6 Å². The number of hydrogen-bond donors (Lipinski definition) is 2. The molecule has 0 atom stereocenters. The Morgan fingerprint density at radius 2 is 1.80 bits per heavy atom. The number of sulfonamides is 1. The van der Waals surface area contributed by atoms with Crippen LogP contribution in [0.25, 0.3) is 0 Å². The van der Waals surface area contributed by atoms with E-state index in [1.165, 1.54) is 0 Å². The number of hydrogen-bond acceptors (Lipinski definition) is 3. The van der Waals surface area contributed by atoms with Crippen LogP contribution in [0.15, 0.2) is 24.3 Å². The van der Waals surface area contributed by atoms with Crippen LogP contribution in [0.2, 0.25) is 5.02 Å². The molecule has 20 heavy (non-hydrogen) atoms. The van der Waals surface area contributed by atoms with E-state index in [9.17, 15) is 8.42 Å². The van der Waals surface area contributed by atoms with Crippen molar-refractivity contribution in [3.05, 3.63) is 34.9 Å². The van der Waals surface area contributed by atoms with Crippen molar-refractivity contribution < 1.29 is 8.42 Å². The molecular weight excluding hydrogens is 296 g/mol. The number of rotatable bonds is 9. The first kappa shape index (κ1) is 17.4. The van der Waals surface area contributed by atoms with Gasteiger partial charge in [0, 0.05) is 17.6 Å². The van der Waals surface area contributed by atoms with Crippen LogP contribution in [-0.4, -0.2) is 26.8 Å². The van der Waals surface area contributed by atoms with Crippen LogP contribution < -0.4 is 10.0 Å². The summed E-state index contributed by atoms with van der Waals surface area (Å²) in [5.41, 5.74) is 0.902. The number of unbranched alkanes of at least 4 members (excludes halogenated alkanes) is 1. The lowest BCUT2D eigenvalue weighted by atomic mass is 10.2. The van der Waals surface area contributed by atoms with Gasteiger partial charge in [0.25, 0.3) is 0 Å². The summed E-state index contributed by atoms with van der Waals surface area (Å²) in [7, 11) is -3.20. The first-order valence-electron chi connectivity index (χ1n) is 6.84. The first-order valence-corrected chi connectivity index (χ1v) is 8.87. The molecule has 1 rings (SSSR count). The number of benzene rings is 1. The van der Waals surface area contributed by atoms with Gasteiger partial charge in [-0.2, -0.15) is 0 Å². The highest BCUT2D eigenvalue weighted by molar-refractivity contribution is 7.89.